The number of benzene rings is 7. The smallest absolute Gasteiger partial charge is 0.416 e. The van der Waals surface area contributed by atoms with Crippen molar-refractivity contribution < 1.29 is 69.3 Å². The van der Waals surface area contributed by atoms with Crippen LogP contribution in [0.5, 0.6) is 0 Å². The van der Waals surface area contributed by atoms with Gasteiger partial charge in [0.1, 0.15) is 24.8 Å². The van der Waals surface area contributed by atoms with E-state index in [2.05, 4.69) is 39.0 Å². The van der Waals surface area contributed by atoms with Crippen LogP contribution >= 0.6 is 37.2 Å². The lowest BCUT2D eigenvalue weighted by Crippen LogP contribution is -2.50. The topological polar surface area (TPSA) is 150 Å². The molecule has 108 heavy (non-hydrogen) atoms. The minimum Gasteiger partial charge on any atom is -0.465 e. The van der Waals surface area contributed by atoms with Crippen molar-refractivity contribution >= 4 is 72.6 Å². The molecule has 1 aliphatic carbocycles. The third-order valence-corrected chi connectivity index (χ3v) is 21.5. The van der Waals surface area contributed by atoms with Gasteiger partial charge in [-0.05, 0) is 159 Å². The van der Waals surface area contributed by atoms with Crippen molar-refractivity contribution in [1.82, 2.24) is 34.3 Å². The number of unbranched alkanes of at least 4 members (excludes halogenated alkanes) is 2. The van der Waals surface area contributed by atoms with Crippen LogP contribution in [-0.2, 0) is 61.9 Å². The molecule has 0 unspecified atom stereocenters. The van der Waals surface area contributed by atoms with Crippen molar-refractivity contribution in [3.63, 3.8) is 0 Å². The van der Waals surface area contributed by atoms with Gasteiger partial charge in [-0.1, -0.05) is 134 Å². The number of rotatable bonds is 29. The highest BCUT2D eigenvalue weighted by atomic mass is 35.5. The van der Waals surface area contributed by atoms with Crippen LogP contribution in [-0.4, -0.2) is 188 Å². The summed E-state index contributed by atoms with van der Waals surface area (Å²) < 4.78 is 110. The van der Waals surface area contributed by atoms with Crippen molar-refractivity contribution in [2.24, 2.45) is 0 Å². The van der Waals surface area contributed by atoms with Gasteiger partial charge < -0.3 is 44.0 Å². The van der Waals surface area contributed by atoms with Crippen LogP contribution in [0.3, 0.4) is 0 Å². The Balaban J connectivity index is 0.00000490. The van der Waals surface area contributed by atoms with E-state index >= 15 is 0 Å². The Kier molecular flexibility index (Phi) is 30.5. The van der Waals surface area contributed by atoms with Crippen LogP contribution in [0.2, 0.25) is 0 Å². The molecule has 16 nitrogen and oxygen atoms in total. The standard InChI is InChI=1S/C82H93F7N8O8.3ClH/c1-90(75(99)56-104-73-52-63-22-12-14-24-71(63)79(73)37-45-94(46-38-79)47-39-80(65-31-33-68(83)34-32-65)57-96(58-105-80)77(101)64-50-66(81(84,85)86)53-67(51-64)82(87,88)89)40-17-41-92(3)76(100)62-29-27-60(28-30-62)55-95(54-59-18-7-4-8-19-59)42-16-6-11-26-74(98)91(2)48-49-93-43-35-69(36-44-93)97(78(102)103)72-25-15-13-23-70(72)61-20-9-5-10-21-61;;;/h4-5,7-10,12-15,18-25,27-34,50-51,53,69,73H,6,11,16-17,26,35-49,52,54-58H2,1-3H3,(H,102,103);3*1H/t73-,80+;;;/m0.../s1. The number of hydrogen-bond acceptors (Lipinski definition) is 10. The number of ether oxygens (including phenoxy) is 2. The van der Waals surface area contributed by atoms with E-state index in [9.17, 15) is 59.8 Å². The van der Waals surface area contributed by atoms with Crippen LogP contribution in [0.1, 0.15) is 124 Å². The Hall–Kier alpha value is -8.13. The molecular formula is C82H96Cl3F7N8O8. The van der Waals surface area contributed by atoms with Crippen LogP contribution in [0.4, 0.5) is 41.2 Å². The number of likely N-dealkylation sites (tertiary alicyclic amines) is 2. The third-order valence-electron chi connectivity index (χ3n) is 21.5. The van der Waals surface area contributed by atoms with E-state index in [1.54, 1.807) is 23.9 Å². The molecule has 3 saturated heterocycles. The zero-order valence-electron chi connectivity index (χ0n) is 61.0. The summed E-state index contributed by atoms with van der Waals surface area (Å²) in [7, 11) is 5.34. The van der Waals surface area contributed by atoms with E-state index in [1.807, 2.05) is 121 Å². The number of hydrogen-bond donors (Lipinski definition) is 1. The van der Waals surface area contributed by atoms with Gasteiger partial charge in [0, 0.05) is 115 Å². The van der Waals surface area contributed by atoms with Gasteiger partial charge in [0.15, 0.2) is 0 Å². The molecule has 1 spiro atoms. The number of alkyl halides is 6. The Morgan fingerprint density at radius 3 is 1.82 bits per heavy atom. The Labute approximate surface area is 646 Å². The Morgan fingerprint density at radius 1 is 0.593 bits per heavy atom. The van der Waals surface area contributed by atoms with Crippen LogP contribution in [0.25, 0.3) is 11.1 Å². The number of carboxylic acid groups (broad SMARTS) is 1. The second-order valence-electron chi connectivity index (χ2n) is 28.5. The first-order chi connectivity index (χ1) is 50.4. The lowest BCUT2D eigenvalue weighted by Gasteiger charge is -2.44. The maximum atomic E-state index is 14.3. The number of anilines is 1. The lowest BCUT2D eigenvalue weighted by atomic mass is 9.72. The molecule has 3 aliphatic heterocycles. The number of amides is 5. The summed E-state index contributed by atoms with van der Waals surface area (Å²) in [4.78, 5) is 82.1. The van der Waals surface area contributed by atoms with E-state index < -0.39 is 64.6 Å². The first-order valence-corrected chi connectivity index (χ1v) is 36.2. The molecule has 26 heteroatoms. The Bertz CT molecular complexity index is 4070. The van der Waals surface area contributed by atoms with E-state index in [0.29, 0.717) is 120 Å². The summed E-state index contributed by atoms with van der Waals surface area (Å²) >= 11 is 0. The fourth-order valence-electron chi connectivity index (χ4n) is 15.4. The highest BCUT2D eigenvalue weighted by Crippen LogP contribution is 2.49. The molecule has 3 heterocycles. The molecule has 3 fully saturated rings. The summed E-state index contributed by atoms with van der Waals surface area (Å²) in [6.45, 7) is 6.66. The zero-order chi connectivity index (χ0) is 74.5. The lowest BCUT2D eigenvalue weighted by molar-refractivity contribution is -0.143. The van der Waals surface area contributed by atoms with Crippen LogP contribution < -0.4 is 4.90 Å². The summed E-state index contributed by atoms with van der Waals surface area (Å²) in [5.41, 5.74) is 2.46. The summed E-state index contributed by atoms with van der Waals surface area (Å²) in [5, 5.41) is 10.4. The molecule has 4 aliphatic rings. The van der Waals surface area contributed by atoms with Crippen LogP contribution in [0.15, 0.2) is 176 Å². The van der Waals surface area contributed by atoms with Gasteiger partial charge in [0.2, 0.25) is 11.8 Å². The van der Waals surface area contributed by atoms with Gasteiger partial charge in [0.25, 0.3) is 11.8 Å². The average Bonchev–Trinajstić information content (AvgIpc) is 1.59. The summed E-state index contributed by atoms with van der Waals surface area (Å²) in [5.74, 6) is -1.82. The number of nitrogens with zero attached hydrogens (tertiary/aromatic N) is 8. The maximum Gasteiger partial charge on any atom is 0.416 e. The quantitative estimate of drug-likeness (QED) is 0.0353. The fourth-order valence-corrected chi connectivity index (χ4v) is 15.4. The number of para-hydroxylation sites is 1. The first kappa shape index (κ1) is 85.5. The normalized spacial score (nSPS) is 17.3. The molecule has 0 bridgehead atoms. The maximum absolute atomic E-state index is 14.3. The van der Waals surface area contributed by atoms with Gasteiger partial charge in [-0.3, -0.25) is 29.0 Å². The molecule has 0 saturated carbocycles. The second kappa shape index (κ2) is 38.5. The minimum absolute atomic E-state index is 0. The molecular weight excluding hydrogens is 1460 g/mol. The number of carbonyl (C=O) groups excluding carboxylic acids is 4. The first-order valence-electron chi connectivity index (χ1n) is 36.2. The van der Waals surface area contributed by atoms with Gasteiger partial charge in [-0.25, -0.2) is 9.18 Å². The van der Waals surface area contributed by atoms with Crippen molar-refractivity contribution in [2.45, 2.75) is 119 Å². The monoisotopic (exact) mass is 1560 g/mol. The van der Waals surface area contributed by atoms with Gasteiger partial charge in [-0.15, -0.1) is 37.2 Å². The molecule has 11 rings (SSSR count). The molecule has 582 valence electrons. The van der Waals surface area contributed by atoms with E-state index in [1.165, 1.54) is 34.7 Å². The SMILES string of the molecule is CN(CCN1CCC(N(C(=O)O)c2ccccc2-c2ccccc2)CC1)C(=O)CCCCCN(Cc1ccccc1)Cc1ccc(C(=O)N(C)CCCN(C)C(=O)CO[C@H]2Cc3ccccc3C23CCN(CC[C@]2(c4ccc(F)cc4)CN(C(=O)c4cc(C(F)(F)F)cc(C(F)(F)F)c4)CO2)CC3)cc1.Cl.Cl.Cl. The molecule has 1 N–H and O–H groups in total. The Morgan fingerprint density at radius 2 is 1.18 bits per heavy atom. The van der Waals surface area contributed by atoms with Gasteiger partial charge >= 0.3 is 18.4 Å². The van der Waals surface area contributed by atoms with Crippen LogP contribution in [0, 0.1) is 5.82 Å². The number of piperidine rings is 2. The highest BCUT2D eigenvalue weighted by molar-refractivity contribution is 5.96. The second-order valence-corrected chi connectivity index (χ2v) is 28.5. The molecule has 7 aromatic rings. The molecule has 7 aromatic carbocycles. The predicted octanol–water partition coefficient (Wildman–Crippen LogP) is 15.8. The largest absolute Gasteiger partial charge is 0.465 e. The van der Waals surface area contributed by atoms with Gasteiger partial charge in [0.05, 0.1) is 29.5 Å². The number of carbonyl (C=O) groups is 5. The molecule has 2 atom stereocenters. The minimum atomic E-state index is -5.15. The highest BCUT2D eigenvalue weighted by Gasteiger charge is 2.50. The van der Waals surface area contributed by atoms with Crippen molar-refractivity contribution in [2.75, 3.05) is 111 Å². The molecule has 0 aromatic heterocycles. The number of fused-ring (bicyclic) bond motifs is 2. The van der Waals surface area contributed by atoms with Crippen molar-refractivity contribution in [3.8, 4) is 11.1 Å². The average molecular weight is 1560 g/mol. The van der Waals surface area contributed by atoms with Crippen molar-refractivity contribution in [3.05, 3.63) is 232 Å². The number of halogens is 10. The molecule has 5 amide bonds. The summed E-state index contributed by atoms with van der Waals surface area (Å²) in [6.07, 6.45) is -4.42. The molecule has 0 radical (unpaired) electrons. The van der Waals surface area contributed by atoms with Crippen molar-refractivity contribution in [1.29, 1.82) is 0 Å². The van der Waals surface area contributed by atoms with E-state index in [0.717, 1.165) is 84.7 Å². The zero-order valence-corrected chi connectivity index (χ0v) is 63.5. The fraction of sp³-hybridized carbons (Fsp3) is 0.427. The summed E-state index contributed by atoms with van der Waals surface area (Å²) in [6, 6.07) is 49.8. The third kappa shape index (κ3) is 21.5. The number of likely N-dealkylation sites (N-methyl/N-ethyl adjacent to an activating group) is 2. The van der Waals surface area contributed by atoms with E-state index in [4.69, 9.17) is 9.47 Å². The van der Waals surface area contributed by atoms with E-state index in [-0.39, 0.29) is 92.7 Å². The van der Waals surface area contributed by atoms with Gasteiger partial charge in [-0.2, -0.15) is 26.3 Å². The predicted molar refractivity (Wildman–Crippen MR) is 409 cm³/mol.